The molecule has 3 heterocycles. The van der Waals surface area contributed by atoms with Crippen LogP contribution in [0.25, 0.3) is 0 Å². The van der Waals surface area contributed by atoms with Crippen molar-refractivity contribution >= 4 is 17.3 Å². The molecule has 0 saturated carbocycles. The number of rotatable bonds is 5. The summed E-state index contributed by atoms with van der Waals surface area (Å²) < 4.78 is 2.24. The van der Waals surface area contributed by atoms with Crippen molar-refractivity contribution < 1.29 is 0 Å². The van der Waals surface area contributed by atoms with Crippen molar-refractivity contribution in [2.75, 3.05) is 0 Å². The van der Waals surface area contributed by atoms with Crippen molar-refractivity contribution in [1.82, 2.24) is 19.8 Å². The molecule has 1 N–H and O–H groups in total. The van der Waals surface area contributed by atoms with Crippen LogP contribution in [0.4, 0.5) is 0 Å². The molecular formula is C22H24N4S. The number of nitrogens with one attached hydrogen (secondary N) is 1. The second-order valence-electron chi connectivity index (χ2n) is 7.23. The molecule has 0 aliphatic carbocycles. The third-order valence-corrected chi connectivity index (χ3v) is 5.42. The van der Waals surface area contributed by atoms with Gasteiger partial charge in [0.15, 0.2) is 5.11 Å². The van der Waals surface area contributed by atoms with Crippen LogP contribution in [0, 0.1) is 0 Å². The summed E-state index contributed by atoms with van der Waals surface area (Å²) in [6, 6.07) is 19.3. The Morgan fingerprint density at radius 2 is 1.85 bits per heavy atom. The Hall–Kier alpha value is -2.66. The summed E-state index contributed by atoms with van der Waals surface area (Å²) in [6.45, 7) is 5.16. The second-order valence-corrected chi connectivity index (χ2v) is 7.61. The van der Waals surface area contributed by atoms with E-state index in [0.29, 0.717) is 6.04 Å². The topological polar surface area (TPSA) is 33.1 Å². The number of benzene rings is 1. The average Bonchev–Trinajstić information content (AvgIpc) is 3.29. The molecule has 0 unspecified atom stereocenters. The third kappa shape index (κ3) is 3.60. The number of thiocarbonyl (C=S) groups is 1. The number of hydrogen-bond acceptors (Lipinski definition) is 2. The van der Waals surface area contributed by atoms with E-state index in [4.69, 9.17) is 12.2 Å². The van der Waals surface area contributed by atoms with Gasteiger partial charge >= 0.3 is 0 Å². The van der Waals surface area contributed by atoms with Gasteiger partial charge in [-0.2, -0.15) is 0 Å². The Morgan fingerprint density at radius 1 is 1.07 bits per heavy atom. The Bertz CT molecular complexity index is 904. The Balaban J connectivity index is 1.73. The maximum absolute atomic E-state index is 5.73. The van der Waals surface area contributed by atoms with Gasteiger partial charge in [0.05, 0.1) is 17.8 Å². The highest BCUT2D eigenvalue weighted by Crippen LogP contribution is 2.39. The highest BCUT2D eigenvalue weighted by Gasteiger charge is 2.40. The van der Waals surface area contributed by atoms with Gasteiger partial charge in [-0.25, -0.2) is 0 Å². The van der Waals surface area contributed by atoms with E-state index in [-0.39, 0.29) is 12.1 Å². The molecule has 0 radical (unpaired) electrons. The molecule has 1 aliphatic rings. The average molecular weight is 377 g/mol. The Labute approximate surface area is 165 Å². The molecule has 0 amide bonds. The first-order chi connectivity index (χ1) is 13.1. The molecule has 138 valence electrons. The van der Waals surface area contributed by atoms with Crippen molar-refractivity contribution in [3.8, 4) is 0 Å². The van der Waals surface area contributed by atoms with Crippen molar-refractivity contribution in [2.45, 2.75) is 38.5 Å². The summed E-state index contributed by atoms with van der Waals surface area (Å²) in [4.78, 5) is 6.88. The second kappa shape index (κ2) is 7.53. The minimum absolute atomic E-state index is 0.0328. The fraction of sp³-hybridized carbons (Fsp3) is 0.273. The summed E-state index contributed by atoms with van der Waals surface area (Å²) >= 11 is 5.73. The largest absolute Gasteiger partial charge is 0.352 e. The van der Waals surface area contributed by atoms with E-state index in [1.165, 1.54) is 11.1 Å². The number of nitrogens with zero attached hydrogens (tertiary/aromatic N) is 3. The predicted molar refractivity (Wildman–Crippen MR) is 112 cm³/mol. The van der Waals surface area contributed by atoms with Gasteiger partial charge in [-0.1, -0.05) is 36.4 Å². The van der Waals surface area contributed by atoms with Crippen LogP contribution in [0.5, 0.6) is 0 Å². The summed E-state index contributed by atoms with van der Waals surface area (Å²) in [5.41, 5.74) is 3.51. The molecule has 5 heteroatoms. The van der Waals surface area contributed by atoms with E-state index in [1.54, 1.807) is 0 Å². The van der Waals surface area contributed by atoms with Crippen LogP contribution in [0.1, 0.15) is 48.8 Å². The summed E-state index contributed by atoms with van der Waals surface area (Å²) in [6.07, 6.45) is 6.23. The highest BCUT2D eigenvalue weighted by molar-refractivity contribution is 7.80. The van der Waals surface area contributed by atoms with Gasteiger partial charge in [0.25, 0.3) is 0 Å². The van der Waals surface area contributed by atoms with Crippen molar-refractivity contribution in [3.63, 3.8) is 0 Å². The normalized spacial score (nSPS) is 19.5. The van der Waals surface area contributed by atoms with Crippen LogP contribution in [-0.2, 0) is 6.54 Å². The first-order valence-corrected chi connectivity index (χ1v) is 9.73. The monoisotopic (exact) mass is 376 g/mol. The van der Waals surface area contributed by atoms with E-state index in [9.17, 15) is 0 Å². The van der Waals surface area contributed by atoms with Gasteiger partial charge in [-0.15, -0.1) is 0 Å². The molecule has 3 aromatic rings. The van der Waals surface area contributed by atoms with Crippen LogP contribution in [0.3, 0.4) is 0 Å². The van der Waals surface area contributed by atoms with Crippen molar-refractivity contribution in [1.29, 1.82) is 0 Å². The molecule has 4 nitrogen and oxygen atoms in total. The maximum Gasteiger partial charge on any atom is 0.170 e. The number of pyridine rings is 1. The first-order valence-electron chi connectivity index (χ1n) is 9.33. The smallest absolute Gasteiger partial charge is 0.170 e. The van der Waals surface area contributed by atoms with E-state index < -0.39 is 0 Å². The molecular weight excluding hydrogens is 352 g/mol. The van der Waals surface area contributed by atoms with Crippen LogP contribution in [-0.4, -0.2) is 19.6 Å². The van der Waals surface area contributed by atoms with Crippen molar-refractivity contribution in [3.05, 3.63) is 90.0 Å². The molecule has 4 rings (SSSR count). The van der Waals surface area contributed by atoms with Gasteiger partial charge in [0, 0.05) is 31.2 Å². The van der Waals surface area contributed by atoms with Gasteiger partial charge < -0.3 is 14.8 Å². The fourth-order valence-electron chi connectivity index (χ4n) is 3.65. The quantitative estimate of drug-likeness (QED) is 0.658. The molecule has 2 atom stereocenters. The fourth-order valence-corrected chi connectivity index (χ4v) is 3.95. The zero-order valence-corrected chi connectivity index (χ0v) is 16.4. The summed E-state index contributed by atoms with van der Waals surface area (Å²) in [5, 5.41) is 4.29. The lowest BCUT2D eigenvalue weighted by Gasteiger charge is -2.27. The molecule has 1 aromatic carbocycles. The van der Waals surface area contributed by atoms with E-state index in [1.807, 2.05) is 24.4 Å². The van der Waals surface area contributed by atoms with Crippen LogP contribution >= 0.6 is 12.2 Å². The van der Waals surface area contributed by atoms with Gasteiger partial charge in [-0.05, 0) is 55.4 Å². The predicted octanol–water partition coefficient (Wildman–Crippen LogP) is 4.64. The van der Waals surface area contributed by atoms with Crippen LogP contribution in [0.15, 0.2) is 73.2 Å². The number of hydrogen-bond donors (Lipinski definition) is 1. The molecule has 1 aliphatic heterocycles. The highest BCUT2D eigenvalue weighted by atomic mass is 32.1. The molecule has 0 bridgehead atoms. The Kier molecular flexibility index (Phi) is 4.94. The van der Waals surface area contributed by atoms with Crippen LogP contribution < -0.4 is 5.32 Å². The number of aromatic nitrogens is 2. The third-order valence-electron chi connectivity index (χ3n) is 5.07. The first kappa shape index (κ1) is 17.7. The standard InChI is InChI=1S/C22H24N4S/c1-16(2)25-13-11-18(15-25)21-20(19-10-6-7-12-23-19)24-22(27)26(21)14-17-8-4-3-5-9-17/h3-13,15-16,20-21H,14H2,1-2H3,(H,24,27)/t20-,21+/m1/s1. The maximum atomic E-state index is 5.73. The van der Waals surface area contributed by atoms with E-state index >= 15 is 0 Å². The lowest BCUT2D eigenvalue weighted by Crippen LogP contribution is -2.29. The molecule has 1 saturated heterocycles. The minimum Gasteiger partial charge on any atom is -0.352 e. The van der Waals surface area contributed by atoms with Crippen molar-refractivity contribution in [2.24, 2.45) is 0 Å². The summed E-state index contributed by atoms with van der Waals surface area (Å²) in [5.74, 6) is 0. The van der Waals surface area contributed by atoms with Gasteiger partial charge in [-0.3, -0.25) is 4.98 Å². The zero-order valence-electron chi connectivity index (χ0n) is 15.6. The van der Waals surface area contributed by atoms with E-state index in [0.717, 1.165) is 17.4 Å². The minimum atomic E-state index is 0.0328. The lowest BCUT2D eigenvalue weighted by molar-refractivity contribution is 0.311. The molecule has 27 heavy (non-hydrogen) atoms. The molecule has 2 aromatic heterocycles. The summed E-state index contributed by atoms with van der Waals surface area (Å²) in [7, 11) is 0. The van der Waals surface area contributed by atoms with Crippen LogP contribution in [0.2, 0.25) is 0 Å². The molecule has 1 fully saturated rings. The van der Waals surface area contributed by atoms with E-state index in [2.05, 4.69) is 82.4 Å². The Morgan fingerprint density at radius 3 is 2.52 bits per heavy atom. The van der Waals surface area contributed by atoms with Gasteiger partial charge in [0.2, 0.25) is 0 Å². The molecule has 0 spiro atoms. The lowest BCUT2D eigenvalue weighted by atomic mass is 9.98. The SMILES string of the molecule is CC(C)n1ccc([C@H]2[C@@H](c3ccccn3)NC(=S)N2Cc2ccccc2)c1. The zero-order chi connectivity index (χ0) is 18.8. The van der Waals surface area contributed by atoms with Gasteiger partial charge in [0.1, 0.15) is 0 Å².